The molecule has 0 amide bonds. The summed E-state index contributed by atoms with van der Waals surface area (Å²) in [5.74, 6) is 0.106. The van der Waals surface area contributed by atoms with Crippen molar-refractivity contribution in [2.75, 3.05) is 12.3 Å². The minimum absolute atomic E-state index is 0.0506. The van der Waals surface area contributed by atoms with Gasteiger partial charge in [0.05, 0.1) is 12.3 Å². The molecule has 8 nitrogen and oxygen atoms in total. The monoisotopic (exact) mass is 240 g/mol. The Morgan fingerprint density at radius 3 is 3.00 bits per heavy atom. The Labute approximate surface area is 96.0 Å². The molecule has 8 heteroatoms. The molecule has 1 aliphatic rings. The molecule has 4 N–H and O–H groups in total. The van der Waals surface area contributed by atoms with Crippen LogP contribution in [0.15, 0.2) is 22.2 Å². The summed E-state index contributed by atoms with van der Waals surface area (Å²) < 4.78 is 6.39. The van der Waals surface area contributed by atoms with Crippen LogP contribution in [0.1, 0.15) is 12.6 Å². The van der Waals surface area contributed by atoms with Crippen molar-refractivity contribution in [2.45, 2.75) is 18.8 Å². The van der Waals surface area contributed by atoms with Crippen molar-refractivity contribution in [3.05, 3.63) is 22.7 Å². The topological polar surface area (TPSA) is 123 Å². The van der Waals surface area contributed by atoms with Crippen molar-refractivity contribution >= 4 is 11.5 Å². The van der Waals surface area contributed by atoms with E-state index in [2.05, 4.69) is 10.1 Å². The van der Waals surface area contributed by atoms with Gasteiger partial charge in [-0.3, -0.25) is 4.57 Å². The summed E-state index contributed by atoms with van der Waals surface area (Å²) in [6.07, 6.45) is -0.281. The van der Waals surface area contributed by atoms with Crippen molar-refractivity contribution < 1.29 is 15.1 Å². The zero-order valence-electron chi connectivity index (χ0n) is 8.85. The zero-order chi connectivity index (χ0) is 12.4. The van der Waals surface area contributed by atoms with Crippen LogP contribution in [0.25, 0.3) is 0 Å². The van der Waals surface area contributed by atoms with Crippen LogP contribution in [0.3, 0.4) is 0 Å². The molecule has 2 rings (SSSR count). The molecule has 0 aliphatic carbocycles. The Kier molecular flexibility index (Phi) is 3.07. The first-order valence-corrected chi connectivity index (χ1v) is 4.96. The molecule has 0 unspecified atom stereocenters. The predicted molar refractivity (Wildman–Crippen MR) is 57.7 cm³/mol. The summed E-state index contributed by atoms with van der Waals surface area (Å²) in [4.78, 5) is 15.1. The van der Waals surface area contributed by atoms with Crippen LogP contribution in [-0.4, -0.2) is 38.3 Å². The number of rotatable bonds is 1. The van der Waals surface area contributed by atoms with Crippen LogP contribution < -0.4 is 11.4 Å². The van der Waals surface area contributed by atoms with Gasteiger partial charge in [0.25, 0.3) is 0 Å². The number of aromatic nitrogens is 2. The van der Waals surface area contributed by atoms with Gasteiger partial charge < -0.3 is 20.8 Å². The van der Waals surface area contributed by atoms with Gasteiger partial charge in [-0.2, -0.15) is 4.98 Å². The van der Waals surface area contributed by atoms with E-state index in [1.807, 2.05) is 0 Å². The Balaban J connectivity index is 2.26. The molecular formula is C9H12N4O4. The Morgan fingerprint density at radius 2 is 2.41 bits per heavy atom. The Bertz CT molecular complexity index is 498. The minimum Gasteiger partial charge on any atom is -0.411 e. The quantitative estimate of drug-likeness (QED) is 0.424. The smallest absolute Gasteiger partial charge is 0.351 e. The first-order chi connectivity index (χ1) is 8.11. The molecule has 1 aliphatic heterocycles. The summed E-state index contributed by atoms with van der Waals surface area (Å²) >= 11 is 0. The number of anilines is 1. The third-order valence-corrected chi connectivity index (χ3v) is 2.46. The third-order valence-electron chi connectivity index (χ3n) is 2.46. The Morgan fingerprint density at radius 1 is 1.65 bits per heavy atom. The van der Waals surface area contributed by atoms with Crippen molar-refractivity contribution in [3.63, 3.8) is 0 Å². The largest absolute Gasteiger partial charge is 0.411 e. The number of hydrogen-bond donors (Lipinski definition) is 3. The molecule has 0 spiro atoms. The van der Waals surface area contributed by atoms with Gasteiger partial charge in [0.2, 0.25) is 0 Å². The average molecular weight is 240 g/mol. The maximum Gasteiger partial charge on any atom is 0.351 e. The fourth-order valence-corrected chi connectivity index (χ4v) is 1.65. The van der Waals surface area contributed by atoms with Gasteiger partial charge in [0.15, 0.2) is 6.23 Å². The van der Waals surface area contributed by atoms with Crippen molar-refractivity contribution in [3.8, 4) is 0 Å². The number of nitrogens with zero attached hydrogens (tertiary/aromatic N) is 3. The van der Waals surface area contributed by atoms with Crippen LogP contribution in [0.2, 0.25) is 0 Å². The van der Waals surface area contributed by atoms with E-state index in [9.17, 15) is 9.90 Å². The fourth-order valence-electron chi connectivity index (χ4n) is 1.65. The van der Waals surface area contributed by atoms with Gasteiger partial charge in [-0.25, -0.2) is 4.79 Å². The Hall–Kier alpha value is -1.93. The van der Waals surface area contributed by atoms with Crippen molar-refractivity contribution in [1.82, 2.24) is 9.55 Å². The van der Waals surface area contributed by atoms with E-state index in [0.29, 0.717) is 5.71 Å². The van der Waals surface area contributed by atoms with Crippen LogP contribution >= 0.6 is 0 Å². The predicted octanol–water partition coefficient (Wildman–Crippen LogP) is -1.06. The molecule has 1 fully saturated rings. The van der Waals surface area contributed by atoms with Gasteiger partial charge in [0, 0.05) is 12.6 Å². The highest BCUT2D eigenvalue weighted by Crippen LogP contribution is 2.20. The van der Waals surface area contributed by atoms with Crippen LogP contribution in [-0.2, 0) is 4.74 Å². The highest BCUT2D eigenvalue weighted by molar-refractivity contribution is 5.86. The summed E-state index contributed by atoms with van der Waals surface area (Å²) in [7, 11) is 0. The van der Waals surface area contributed by atoms with Crippen LogP contribution in [0.5, 0.6) is 0 Å². The number of aliphatic hydroxyl groups is 1. The lowest BCUT2D eigenvalue weighted by Crippen LogP contribution is -2.41. The maximum absolute atomic E-state index is 11.5. The van der Waals surface area contributed by atoms with Gasteiger partial charge >= 0.3 is 5.69 Å². The fraction of sp³-hybridized carbons (Fsp3) is 0.444. The second-order valence-electron chi connectivity index (χ2n) is 3.68. The zero-order valence-corrected chi connectivity index (χ0v) is 8.85. The first-order valence-electron chi connectivity index (χ1n) is 4.96. The average Bonchev–Trinajstić information content (AvgIpc) is 2.30. The van der Waals surface area contributed by atoms with Crippen molar-refractivity contribution in [1.29, 1.82) is 0 Å². The lowest BCUT2D eigenvalue weighted by Gasteiger charge is -2.29. The molecule has 1 aromatic heterocycles. The van der Waals surface area contributed by atoms with E-state index >= 15 is 0 Å². The number of oxime groups is 1. The standard InChI is InChI=1S/C9H12N4O4/c10-7-1-2-13(9(15)11-7)8-6(14)3-5(12-16)4-17-8/h1-2,6,8,14,16H,3-4H2,(H2,10,11,15)/t6-,8-/m1/s1. The molecule has 0 aromatic carbocycles. The highest BCUT2D eigenvalue weighted by Gasteiger charge is 2.30. The SMILES string of the molecule is Nc1ccn([C@@H]2OCC(=NO)C[C@H]2O)c(=O)n1. The van der Waals surface area contributed by atoms with E-state index in [1.165, 1.54) is 12.3 Å². The number of hydrogen-bond acceptors (Lipinski definition) is 7. The van der Waals surface area contributed by atoms with Crippen molar-refractivity contribution in [2.24, 2.45) is 5.16 Å². The molecular weight excluding hydrogens is 228 g/mol. The van der Waals surface area contributed by atoms with Gasteiger partial charge in [-0.15, -0.1) is 0 Å². The van der Waals surface area contributed by atoms with Crippen LogP contribution in [0, 0.1) is 0 Å². The maximum atomic E-state index is 11.5. The molecule has 17 heavy (non-hydrogen) atoms. The summed E-state index contributed by atoms with van der Waals surface area (Å²) in [6, 6.07) is 1.44. The molecule has 0 bridgehead atoms. The number of ether oxygens (including phenoxy) is 1. The van der Waals surface area contributed by atoms with Gasteiger partial charge in [-0.05, 0) is 6.07 Å². The summed E-state index contributed by atoms with van der Waals surface area (Å²) in [5.41, 5.74) is 5.08. The number of nitrogen functional groups attached to an aromatic ring is 1. The molecule has 92 valence electrons. The molecule has 2 atom stereocenters. The van der Waals surface area contributed by atoms with E-state index < -0.39 is 18.0 Å². The molecule has 1 aromatic rings. The summed E-state index contributed by atoms with van der Waals surface area (Å²) in [5, 5.41) is 21.3. The number of aliphatic hydroxyl groups excluding tert-OH is 1. The highest BCUT2D eigenvalue weighted by atomic mass is 16.5. The van der Waals surface area contributed by atoms with Gasteiger partial charge in [-0.1, -0.05) is 5.16 Å². The number of nitrogens with two attached hydrogens (primary N) is 1. The molecule has 0 radical (unpaired) electrons. The lowest BCUT2D eigenvalue weighted by molar-refractivity contribution is -0.0826. The molecule has 0 saturated carbocycles. The second kappa shape index (κ2) is 4.52. The van der Waals surface area contributed by atoms with E-state index in [0.717, 1.165) is 4.57 Å². The molecule has 2 heterocycles. The molecule has 1 saturated heterocycles. The first kappa shape index (κ1) is 11.6. The van der Waals surface area contributed by atoms with Crippen LogP contribution in [0.4, 0.5) is 5.82 Å². The summed E-state index contributed by atoms with van der Waals surface area (Å²) in [6.45, 7) is 0.0506. The van der Waals surface area contributed by atoms with E-state index in [4.69, 9.17) is 15.7 Å². The minimum atomic E-state index is -0.974. The third kappa shape index (κ3) is 2.27. The second-order valence-corrected chi connectivity index (χ2v) is 3.68. The van der Waals surface area contributed by atoms with Gasteiger partial charge in [0.1, 0.15) is 11.9 Å². The van der Waals surface area contributed by atoms with E-state index in [1.54, 1.807) is 0 Å². The van der Waals surface area contributed by atoms with E-state index in [-0.39, 0.29) is 18.8 Å². The lowest BCUT2D eigenvalue weighted by atomic mass is 10.1. The normalized spacial score (nSPS) is 27.2.